The quantitative estimate of drug-likeness (QED) is 0.536. The summed E-state index contributed by atoms with van der Waals surface area (Å²) in [6, 6.07) is 11.1. The van der Waals surface area contributed by atoms with Crippen molar-refractivity contribution in [3.63, 3.8) is 0 Å². The lowest BCUT2D eigenvalue weighted by Gasteiger charge is -2.02. The molecule has 0 aliphatic carbocycles. The van der Waals surface area contributed by atoms with Crippen molar-refractivity contribution < 1.29 is 14.4 Å². The van der Waals surface area contributed by atoms with E-state index < -0.39 is 23.5 Å². The molecule has 0 spiro atoms. The molecule has 4 nitrogen and oxygen atoms in total. The zero-order valence-electron chi connectivity index (χ0n) is 10.8. The van der Waals surface area contributed by atoms with E-state index in [0.29, 0.717) is 16.3 Å². The molecule has 1 saturated heterocycles. The van der Waals surface area contributed by atoms with Crippen molar-refractivity contribution in [2.45, 2.75) is 12.3 Å². The fourth-order valence-electron chi connectivity index (χ4n) is 2.23. The van der Waals surface area contributed by atoms with Gasteiger partial charge < -0.3 is 0 Å². The van der Waals surface area contributed by atoms with Crippen molar-refractivity contribution in [3.8, 4) is 0 Å². The minimum atomic E-state index is -0.998. The average Bonchev–Trinajstić information content (AvgIpc) is 2.98. The van der Waals surface area contributed by atoms with Gasteiger partial charge in [-0.15, -0.1) is 11.3 Å². The van der Waals surface area contributed by atoms with E-state index in [9.17, 15) is 14.4 Å². The molecule has 1 aromatic carbocycles. The van der Waals surface area contributed by atoms with E-state index in [1.165, 1.54) is 11.3 Å². The van der Waals surface area contributed by atoms with Crippen LogP contribution in [0.3, 0.4) is 0 Å². The van der Waals surface area contributed by atoms with Gasteiger partial charge in [-0.25, -0.2) is 0 Å². The van der Waals surface area contributed by atoms with Crippen molar-refractivity contribution in [1.29, 1.82) is 0 Å². The summed E-state index contributed by atoms with van der Waals surface area (Å²) in [7, 11) is 0. The molecule has 2 amide bonds. The smallest absolute Gasteiger partial charge is 0.289 e. The monoisotopic (exact) mass is 319 g/mol. The van der Waals surface area contributed by atoms with Crippen molar-refractivity contribution in [2.24, 2.45) is 0 Å². The van der Waals surface area contributed by atoms with Gasteiger partial charge in [0.2, 0.25) is 11.7 Å². The molecule has 1 atom stereocenters. The van der Waals surface area contributed by atoms with Gasteiger partial charge in [0.05, 0.1) is 0 Å². The number of hydrogen-bond acceptors (Lipinski definition) is 4. The van der Waals surface area contributed by atoms with Crippen LogP contribution in [-0.2, 0) is 20.8 Å². The van der Waals surface area contributed by atoms with Crippen molar-refractivity contribution >= 4 is 40.5 Å². The Morgan fingerprint density at radius 2 is 1.86 bits per heavy atom. The molecule has 6 heteroatoms. The Hall–Kier alpha value is -1.98. The number of amides is 2. The van der Waals surface area contributed by atoms with E-state index >= 15 is 0 Å². The van der Waals surface area contributed by atoms with Crippen LogP contribution in [0.4, 0.5) is 0 Å². The van der Waals surface area contributed by atoms with Gasteiger partial charge in [-0.05, 0) is 23.8 Å². The molecule has 3 rings (SSSR count). The summed E-state index contributed by atoms with van der Waals surface area (Å²) in [4.78, 5) is 36.1. The predicted octanol–water partition coefficient (Wildman–Crippen LogP) is 2.30. The standard InChI is InChI=1S/C15H10ClNO3S/c16-10-4-2-1-3-8(10)7-9-5-6-11(21-9)12-13(18)15(20)17-14(12)19/h1-6,12H,7H2,(H,17,19,20). The Morgan fingerprint density at radius 3 is 2.52 bits per heavy atom. The molecule has 1 fully saturated rings. The van der Waals surface area contributed by atoms with Crippen molar-refractivity contribution in [3.05, 3.63) is 56.7 Å². The van der Waals surface area contributed by atoms with Gasteiger partial charge in [-0.1, -0.05) is 29.8 Å². The second kappa shape index (κ2) is 5.42. The molecular formula is C15H10ClNO3S. The summed E-state index contributed by atoms with van der Waals surface area (Å²) in [6.07, 6.45) is 0.626. The van der Waals surface area contributed by atoms with E-state index in [-0.39, 0.29) is 0 Å². The van der Waals surface area contributed by atoms with Crippen LogP contribution in [0.1, 0.15) is 21.2 Å². The largest absolute Gasteiger partial charge is 0.295 e. The minimum Gasteiger partial charge on any atom is -0.289 e. The number of rotatable bonds is 3. The second-order valence-electron chi connectivity index (χ2n) is 4.69. The SMILES string of the molecule is O=C1NC(=O)C(c2ccc(Cc3ccccc3Cl)s2)C1=O. The van der Waals surface area contributed by atoms with Gasteiger partial charge in [0.1, 0.15) is 5.92 Å². The normalized spacial score (nSPS) is 18.1. The van der Waals surface area contributed by atoms with E-state index in [0.717, 1.165) is 10.4 Å². The van der Waals surface area contributed by atoms with Crippen molar-refractivity contribution in [2.75, 3.05) is 0 Å². The fourth-order valence-corrected chi connectivity index (χ4v) is 3.57. The zero-order chi connectivity index (χ0) is 15.0. The summed E-state index contributed by atoms with van der Waals surface area (Å²) in [5, 5.41) is 2.72. The number of Topliss-reactive ketones (excluding diaryl/α,β-unsaturated/α-hetero) is 1. The molecule has 21 heavy (non-hydrogen) atoms. The number of nitrogens with one attached hydrogen (secondary N) is 1. The maximum Gasteiger partial charge on any atom is 0.295 e. The number of ketones is 1. The number of imide groups is 1. The summed E-state index contributed by atoms with van der Waals surface area (Å²) < 4.78 is 0. The molecule has 0 saturated carbocycles. The Labute approximate surface area is 129 Å². The Kier molecular flexibility index (Phi) is 3.61. The summed E-state index contributed by atoms with van der Waals surface area (Å²) >= 11 is 7.47. The number of carbonyl (C=O) groups excluding carboxylic acids is 3. The van der Waals surface area contributed by atoms with Crippen LogP contribution < -0.4 is 5.32 Å². The topological polar surface area (TPSA) is 63.2 Å². The number of benzene rings is 1. The molecule has 1 aliphatic heterocycles. The molecule has 106 valence electrons. The van der Waals surface area contributed by atoms with Gasteiger partial charge in [-0.3, -0.25) is 19.7 Å². The maximum absolute atomic E-state index is 11.7. The first kappa shape index (κ1) is 14.0. The molecule has 1 aromatic heterocycles. The van der Waals surface area contributed by atoms with Gasteiger partial charge in [0.15, 0.2) is 0 Å². The highest BCUT2D eigenvalue weighted by Gasteiger charge is 2.41. The Balaban J connectivity index is 1.84. The fraction of sp³-hybridized carbons (Fsp3) is 0.133. The molecule has 1 aliphatic rings. The average molecular weight is 320 g/mol. The Morgan fingerprint density at radius 1 is 1.10 bits per heavy atom. The maximum atomic E-state index is 11.7. The third kappa shape index (κ3) is 2.62. The van der Waals surface area contributed by atoms with Gasteiger partial charge in [0.25, 0.3) is 5.91 Å². The lowest BCUT2D eigenvalue weighted by Crippen LogP contribution is -2.21. The van der Waals surface area contributed by atoms with Gasteiger partial charge in [0, 0.05) is 21.2 Å². The molecule has 1 unspecified atom stereocenters. The van der Waals surface area contributed by atoms with Gasteiger partial charge >= 0.3 is 0 Å². The van der Waals surface area contributed by atoms with Crippen LogP contribution in [0.25, 0.3) is 0 Å². The van der Waals surface area contributed by atoms with Crippen LogP contribution in [0, 0.1) is 0 Å². The number of thiophene rings is 1. The molecular weight excluding hydrogens is 310 g/mol. The molecule has 1 N–H and O–H groups in total. The first-order valence-corrected chi connectivity index (χ1v) is 7.47. The predicted molar refractivity (Wildman–Crippen MR) is 79.5 cm³/mol. The lowest BCUT2D eigenvalue weighted by molar-refractivity contribution is -0.135. The first-order chi connectivity index (χ1) is 10.1. The van der Waals surface area contributed by atoms with E-state index in [2.05, 4.69) is 0 Å². The third-order valence-corrected chi connectivity index (χ3v) is 4.79. The minimum absolute atomic E-state index is 0.545. The highest BCUT2D eigenvalue weighted by molar-refractivity contribution is 7.12. The van der Waals surface area contributed by atoms with E-state index in [1.807, 2.05) is 35.6 Å². The first-order valence-electron chi connectivity index (χ1n) is 6.27. The number of carbonyl (C=O) groups is 3. The Bertz CT molecular complexity index is 753. The van der Waals surface area contributed by atoms with Crippen molar-refractivity contribution in [1.82, 2.24) is 5.32 Å². The van der Waals surface area contributed by atoms with Crippen LogP contribution in [-0.4, -0.2) is 17.6 Å². The highest BCUT2D eigenvalue weighted by Crippen LogP contribution is 2.30. The third-order valence-electron chi connectivity index (χ3n) is 3.27. The van der Waals surface area contributed by atoms with E-state index in [4.69, 9.17) is 11.6 Å². The second-order valence-corrected chi connectivity index (χ2v) is 6.30. The zero-order valence-corrected chi connectivity index (χ0v) is 12.3. The van der Waals surface area contributed by atoms with Crippen LogP contribution in [0.5, 0.6) is 0 Å². The highest BCUT2D eigenvalue weighted by atomic mass is 35.5. The molecule has 0 bridgehead atoms. The van der Waals surface area contributed by atoms with Gasteiger partial charge in [-0.2, -0.15) is 0 Å². The molecule has 2 aromatic rings. The molecule has 0 radical (unpaired) electrons. The number of hydrogen-bond donors (Lipinski definition) is 1. The van der Waals surface area contributed by atoms with Crippen LogP contribution in [0.2, 0.25) is 5.02 Å². The summed E-state index contributed by atoms with van der Waals surface area (Å²) in [6.45, 7) is 0. The van der Waals surface area contributed by atoms with Crippen LogP contribution in [0.15, 0.2) is 36.4 Å². The molecule has 2 heterocycles. The number of halogens is 1. The van der Waals surface area contributed by atoms with Crippen LogP contribution >= 0.6 is 22.9 Å². The summed E-state index contributed by atoms with van der Waals surface area (Å²) in [5.74, 6) is -3.06. The lowest BCUT2D eigenvalue weighted by atomic mass is 10.1. The van der Waals surface area contributed by atoms with E-state index in [1.54, 1.807) is 6.07 Å². The summed E-state index contributed by atoms with van der Waals surface area (Å²) in [5.41, 5.74) is 0.978.